The Morgan fingerprint density at radius 3 is 0.950 bits per heavy atom. The predicted octanol–water partition coefficient (Wildman–Crippen LogP) is 5.00. The van der Waals surface area contributed by atoms with E-state index in [1.54, 1.807) is 0 Å². The second-order valence-electron chi connectivity index (χ2n) is 4.34. The molecule has 20 heavy (non-hydrogen) atoms. The monoisotopic (exact) mass is 256 g/mol. The molecule has 0 unspecified atom stereocenters. The number of rotatable bonds is 3. The van der Waals surface area contributed by atoms with Crippen LogP contribution in [0.5, 0.6) is 0 Å². The van der Waals surface area contributed by atoms with Crippen LogP contribution in [0.2, 0.25) is 0 Å². The zero-order chi connectivity index (χ0) is 12.9. The Hall–Kier alpha value is -2.37. The Morgan fingerprint density at radius 2 is 0.700 bits per heavy atom. The van der Waals surface area contributed by atoms with E-state index in [-0.39, 0.29) is 13.0 Å². The van der Waals surface area contributed by atoms with Gasteiger partial charge in [0.25, 0.3) is 0 Å². The molecule has 2 heteroatoms. The van der Waals surface area contributed by atoms with Crippen LogP contribution in [0, 0.1) is 0 Å². The van der Waals surface area contributed by atoms with Gasteiger partial charge >= 0.3 is 10.1 Å². The fraction of sp³-hybridized carbons (Fsp3) is 0. The quantitative estimate of drug-likeness (QED) is 0.596. The number of anilines is 3. The molecule has 3 aromatic carbocycles. The summed E-state index contributed by atoms with van der Waals surface area (Å²) in [5, 5.41) is 0. The van der Waals surface area contributed by atoms with Gasteiger partial charge in [-0.2, -0.15) is 0 Å². The van der Waals surface area contributed by atoms with Crippen LogP contribution in [0.1, 0.15) is 2.85 Å². The van der Waals surface area contributed by atoms with Crippen LogP contribution in [0.3, 0.4) is 0 Å². The van der Waals surface area contributed by atoms with E-state index in [1.807, 2.05) is 18.2 Å². The van der Waals surface area contributed by atoms with E-state index in [1.165, 1.54) is 17.1 Å². The molecule has 0 aromatic heterocycles. The number of nitrogens with zero attached hydrogens (tertiary/aromatic N) is 1. The van der Waals surface area contributed by atoms with Crippen LogP contribution < -0.4 is 4.90 Å². The molecule has 0 amide bonds. The third-order valence-electron chi connectivity index (χ3n) is 3.04. The van der Waals surface area contributed by atoms with Gasteiger partial charge in [0.15, 0.2) is 0 Å². The molecule has 0 fully saturated rings. The predicted molar refractivity (Wildman–Crippen MR) is 89.1 cm³/mol. The number of benzene rings is 3. The summed E-state index contributed by atoms with van der Waals surface area (Å²) in [7, 11) is 0. The third-order valence-corrected chi connectivity index (χ3v) is 3.04. The van der Waals surface area contributed by atoms with Crippen molar-refractivity contribution in [1.29, 1.82) is 0 Å². The fourth-order valence-corrected chi connectivity index (χ4v) is 2.18. The smallest absolute Gasteiger partial charge is 1.00 e. The van der Waals surface area contributed by atoms with Crippen LogP contribution in [-0.2, 0) is 0 Å². The van der Waals surface area contributed by atoms with Gasteiger partial charge in [-0.3, -0.25) is 0 Å². The topological polar surface area (TPSA) is 3.24 Å². The Labute approximate surface area is 126 Å². The minimum atomic E-state index is 0. The molecule has 3 aromatic rings. The van der Waals surface area contributed by atoms with E-state index >= 15 is 0 Å². The van der Waals surface area contributed by atoms with Crippen molar-refractivity contribution in [1.82, 2.24) is 0 Å². The first-order valence-electron chi connectivity index (χ1n) is 6.40. The van der Waals surface area contributed by atoms with Crippen molar-refractivity contribution in [3.8, 4) is 0 Å². The molecule has 0 aliphatic rings. The summed E-state index contributed by atoms with van der Waals surface area (Å²) >= 11 is 0. The Morgan fingerprint density at radius 1 is 0.450 bits per heavy atom. The molecular formula is C18H17BeN. The summed E-state index contributed by atoms with van der Waals surface area (Å²) in [4.78, 5) is 2.25. The summed E-state index contributed by atoms with van der Waals surface area (Å²) in [6.45, 7) is 0. The number of hydrogen-bond donors (Lipinski definition) is 0. The molecule has 3 rings (SSSR count). The van der Waals surface area contributed by atoms with Gasteiger partial charge in [-0.15, -0.1) is 0 Å². The van der Waals surface area contributed by atoms with Crippen molar-refractivity contribution >= 4 is 27.2 Å². The standard InChI is InChI=1S/C18H15N.Be.2H/c1-4-10-16(11-5-1)19(17-12-6-2-7-13-17)18-14-8-3-9-15-18;;;/h1-15H;;;/q;+2;2*-1. The summed E-state index contributed by atoms with van der Waals surface area (Å²) in [5.74, 6) is 0. The minimum Gasteiger partial charge on any atom is -1.00 e. The van der Waals surface area contributed by atoms with Crippen molar-refractivity contribution in [3.05, 3.63) is 91.0 Å². The molecule has 0 aliphatic heterocycles. The van der Waals surface area contributed by atoms with E-state index in [4.69, 9.17) is 0 Å². The summed E-state index contributed by atoms with van der Waals surface area (Å²) in [6, 6.07) is 31.3. The fourth-order valence-electron chi connectivity index (χ4n) is 2.18. The van der Waals surface area contributed by atoms with Crippen LogP contribution >= 0.6 is 0 Å². The minimum absolute atomic E-state index is 0. The Kier molecular flexibility index (Phi) is 4.70. The maximum Gasteiger partial charge on any atom is 2.00 e. The Balaban J connectivity index is 0.00000147. The molecule has 0 atom stereocenters. The molecule has 0 aliphatic carbocycles. The van der Waals surface area contributed by atoms with E-state index in [0.717, 1.165) is 0 Å². The van der Waals surface area contributed by atoms with Gasteiger partial charge in [0.1, 0.15) is 0 Å². The second kappa shape index (κ2) is 6.70. The maximum absolute atomic E-state index is 2.25. The zero-order valence-electron chi connectivity index (χ0n) is 13.3. The molecule has 0 radical (unpaired) electrons. The Bertz CT molecular complexity index is 539. The SMILES string of the molecule is [Be+2].[H-].[H-].c1ccc(N(c2ccccc2)c2ccccc2)cc1. The van der Waals surface area contributed by atoms with Gasteiger partial charge in [0.05, 0.1) is 0 Å². The van der Waals surface area contributed by atoms with Crippen molar-refractivity contribution in [2.75, 3.05) is 4.90 Å². The first-order valence-corrected chi connectivity index (χ1v) is 6.40. The van der Waals surface area contributed by atoms with E-state index in [2.05, 4.69) is 77.7 Å². The van der Waals surface area contributed by atoms with Gasteiger partial charge in [-0.25, -0.2) is 0 Å². The number of para-hydroxylation sites is 3. The number of hydrogen-bond acceptors (Lipinski definition) is 1. The van der Waals surface area contributed by atoms with Crippen LogP contribution in [0.25, 0.3) is 0 Å². The van der Waals surface area contributed by atoms with E-state index in [9.17, 15) is 0 Å². The third kappa shape index (κ3) is 2.96. The summed E-state index contributed by atoms with van der Waals surface area (Å²) < 4.78 is 0. The average Bonchev–Trinajstić information content (AvgIpc) is 2.51. The first-order chi connectivity index (χ1) is 9.45. The van der Waals surface area contributed by atoms with Gasteiger partial charge in [0.2, 0.25) is 0 Å². The molecule has 0 bridgehead atoms. The molecule has 0 heterocycles. The molecule has 0 N–H and O–H groups in total. The zero-order valence-corrected chi connectivity index (χ0v) is 11.3. The molecular weight excluding hydrogens is 239 g/mol. The van der Waals surface area contributed by atoms with Gasteiger partial charge < -0.3 is 7.75 Å². The normalized spacial score (nSPS) is 9.60. The molecule has 0 saturated heterocycles. The van der Waals surface area contributed by atoms with Gasteiger partial charge in [-0.05, 0) is 36.4 Å². The molecule has 0 saturated carbocycles. The van der Waals surface area contributed by atoms with E-state index in [0.29, 0.717) is 0 Å². The van der Waals surface area contributed by atoms with Crippen molar-refractivity contribution < 1.29 is 2.85 Å². The first kappa shape index (κ1) is 14.0. The second-order valence-corrected chi connectivity index (χ2v) is 4.34. The van der Waals surface area contributed by atoms with Gasteiger partial charge in [0, 0.05) is 17.1 Å². The van der Waals surface area contributed by atoms with Crippen molar-refractivity contribution in [2.24, 2.45) is 0 Å². The largest absolute Gasteiger partial charge is 2.00 e. The molecule has 96 valence electrons. The van der Waals surface area contributed by atoms with Crippen molar-refractivity contribution in [3.63, 3.8) is 0 Å². The summed E-state index contributed by atoms with van der Waals surface area (Å²) in [6.07, 6.45) is 0. The van der Waals surface area contributed by atoms with E-state index < -0.39 is 0 Å². The van der Waals surface area contributed by atoms with Crippen LogP contribution in [-0.4, -0.2) is 10.1 Å². The van der Waals surface area contributed by atoms with Gasteiger partial charge in [-0.1, -0.05) is 54.6 Å². The summed E-state index contributed by atoms with van der Waals surface area (Å²) in [5.41, 5.74) is 3.50. The maximum atomic E-state index is 2.25. The van der Waals surface area contributed by atoms with Crippen LogP contribution in [0.4, 0.5) is 17.1 Å². The molecule has 0 spiro atoms. The average molecular weight is 256 g/mol. The van der Waals surface area contributed by atoms with Crippen LogP contribution in [0.15, 0.2) is 91.0 Å². The molecule has 1 nitrogen and oxygen atoms in total. The van der Waals surface area contributed by atoms with Crippen molar-refractivity contribution in [2.45, 2.75) is 0 Å².